The molecule has 2 N–H and O–H groups in total. The van der Waals surface area contributed by atoms with E-state index in [1.54, 1.807) is 7.11 Å². The van der Waals surface area contributed by atoms with Crippen LogP contribution in [0.1, 0.15) is 70.8 Å². The fraction of sp³-hybridized carbons (Fsp3) is 0.692. The Balaban J connectivity index is 0.00000385. The Bertz CT molecular complexity index is 767. The number of likely N-dealkylation sites (tertiary alicyclic amines) is 1. The zero-order valence-electron chi connectivity index (χ0n) is 20.9. The summed E-state index contributed by atoms with van der Waals surface area (Å²) in [5, 5.41) is 7.24. The number of carbonyl (C=O) groups is 1. The average molecular weight is 571 g/mol. The van der Waals surface area contributed by atoms with Crippen LogP contribution in [0.25, 0.3) is 0 Å². The van der Waals surface area contributed by atoms with E-state index in [0.29, 0.717) is 11.9 Å². The van der Waals surface area contributed by atoms with Gasteiger partial charge in [-0.2, -0.15) is 0 Å². The van der Waals surface area contributed by atoms with Gasteiger partial charge in [0.2, 0.25) is 5.91 Å². The first-order chi connectivity index (χ1) is 15.5. The molecule has 0 radical (unpaired) electrons. The van der Waals surface area contributed by atoms with Crippen molar-refractivity contribution in [1.29, 1.82) is 0 Å². The zero-order chi connectivity index (χ0) is 23.0. The van der Waals surface area contributed by atoms with Crippen LogP contribution in [0.15, 0.2) is 29.3 Å². The molecule has 1 aromatic carbocycles. The molecule has 1 saturated heterocycles. The molecule has 7 heteroatoms. The molecule has 1 aliphatic heterocycles. The summed E-state index contributed by atoms with van der Waals surface area (Å²) in [4.78, 5) is 19.2. The van der Waals surface area contributed by atoms with Crippen LogP contribution < -0.4 is 15.4 Å². The van der Waals surface area contributed by atoms with Crippen LogP contribution >= 0.6 is 24.0 Å². The molecule has 2 fully saturated rings. The number of methoxy groups -OCH3 is 1. The molecule has 33 heavy (non-hydrogen) atoms. The quantitative estimate of drug-likeness (QED) is 0.270. The van der Waals surface area contributed by atoms with Gasteiger partial charge in [-0.3, -0.25) is 9.79 Å². The molecule has 6 nitrogen and oxygen atoms in total. The zero-order valence-corrected chi connectivity index (χ0v) is 23.2. The van der Waals surface area contributed by atoms with Gasteiger partial charge in [0, 0.05) is 44.1 Å². The van der Waals surface area contributed by atoms with Gasteiger partial charge in [-0.25, -0.2) is 0 Å². The molecule has 0 bridgehead atoms. The molecular weight excluding hydrogens is 527 g/mol. The number of guanidine groups is 1. The normalized spacial score (nSPS) is 18.7. The average Bonchev–Trinajstić information content (AvgIpc) is 3.33. The highest BCUT2D eigenvalue weighted by Gasteiger charge is 2.36. The Kier molecular flexibility index (Phi) is 11.3. The van der Waals surface area contributed by atoms with E-state index in [1.165, 1.54) is 31.2 Å². The summed E-state index contributed by atoms with van der Waals surface area (Å²) >= 11 is 0. The van der Waals surface area contributed by atoms with E-state index in [1.807, 2.05) is 13.1 Å². The molecule has 0 unspecified atom stereocenters. The van der Waals surface area contributed by atoms with Crippen molar-refractivity contribution in [3.8, 4) is 5.75 Å². The SMILES string of the molecule is CCC(CC)C(=O)N1CCC(NC(=NC)NCC2(c3cccc(OC)c3)CCCC2)CC1.I. The lowest BCUT2D eigenvalue weighted by Gasteiger charge is -2.35. The van der Waals surface area contributed by atoms with Crippen molar-refractivity contribution in [2.75, 3.05) is 33.8 Å². The third-order valence-corrected chi connectivity index (χ3v) is 7.54. The fourth-order valence-electron chi connectivity index (χ4n) is 5.35. The molecule has 1 saturated carbocycles. The van der Waals surface area contributed by atoms with Gasteiger partial charge in [0.1, 0.15) is 5.75 Å². The molecular formula is C26H43IN4O2. The lowest BCUT2D eigenvalue weighted by molar-refractivity contribution is -0.136. The summed E-state index contributed by atoms with van der Waals surface area (Å²) in [5.41, 5.74) is 1.47. The van der Waals surface area contributed by atoms with Gasteiger partial charge in [-0.1, -0.05) is 38.8 Å². The first kappa shape index (κ1) is 27.7. The third-order valence-electron chi connectivity index (χ3n) is 7.54. The summed E-state index contributed by atoms with van der Waals surface area (Å²) in [6.45, 7) is 6.75. The summed E-state index contributed by atoms with van der Waals surface area (Å²) in [6, 6.07) is 8.88. The van der Waals surface area contributed by atoms with E-state index in [4.69, 9.17) is 4.74 Å². The van der Waals surface area contributed by atoms with Gasteiger partial charge in [0.15, 0.2) is 5.96 Å². The first-order valence-corrected chi connectivity index (χ1v) is 12.5. The molecule has 3 rings (SSSR count). The smallest absolute Gasteiger partial charge is 0.225 e. The minimum Gasteiger partial charge on any atom is -0.497 e. The molecule has 1 amide bonds. The number of benzene rings is 1. The standard InChI is InChI=1S/C26H42N4O2.HI/c1-5-20(6-2)24(31)30-16-12-22(13-17-30)29-25(27-3)28-19-26(14-7-8-15-26)21-10-9-11-23(18-21)32-4;/h9-11,18,20,22H,5-8,12-17,19H2,1-4H3,(H2,27,28,29);1H. The van der Waals surface area contributed by atoms with Crippen LogP contribution in [0.2, 0.25) is 0 Å². The highest BCUT2D eigenvalue weighted by Crippen LogP contribution is 2.41. The van der Waals surface area contributed by atoms with Crippen LogP contribution in [-0.2, 0) is 10.2 Å². The predicted molar refractivity (Wildman–Crippen MR) is 147 cm³/mol. The van der Waals surface area contributed by atoms with Gasteiger partial charge in [0.05, 0.1) is 7.11 Å². The Morgan fingerprint density at radius 2 is 1.88 bits per heavy atom. The second kappa shape index (κ2) is 13.4. The number of amides is 1. The van der Waals surface area contributed by atoms with Crippen LogP contribution in [0.4, 0.5) is 0 Å². The Labute approximate surface area is 217 Å². The van der Waals surface area contributed by atoms with Crippen LogP contribution in [-0.4, -0.2) is 56.6 Å². The fourth-order valence-corrected chi connectivity index (χ4v) is 5.35. The largest absolute Gasteiger partial charge is 0.497 e. The molecule has 1 aliphatic carbocycles. The van der Waals surface area contributed by atoms with Crippen molar-refractivity contribution < 1.29 is 9.53 Å². The van der Waals surface area contributed by atoms with Crippen molar-refractivity contribution in [3.05, 3.63) is 29.8 Å². The maximum absolute atomic E-state index is 12.7. The number of aliphatic imine (C=N–C) groups is 1. The number of hydrogen-bond acceptors (Lipinski definition) is 3. The van der Waals surface area contributed by atoms with Gasteiger partial charge in [-0.05, 0) is 56.2 Å². The maximum atomic E-state index is 12.7. The van der Waals surface area contributed by atoms with E-state index in [2.05, 4.69) is 52.6 Å². The van der Waals surface area contributed by atoms with E-state index in [9.17, 15) is 4.79 Å². The summed E-state index contributed by atoms with van der Waals surface area (Å²) in [7, 11) is 3.57. The van der Waals surface area contributed by atoms with Crippen molar-refractivity contribution in [3.63, 3.8) is 0 Å². The van der Waals surface area contributed by atoms with Crippen LogP contribution in [0.5, 0.6) is 5.75 Å². The number of nitrogens with one attached hydrogen (secondary N) is 2. The number of hydrogen-bond donors (Lipinski definition) is 2. The highest BCUT2D eigenvalue weighted by molar-refractivity contribution is 14.0. The molecule has 1 heterocycles. The highest BCUT2D eigenvalue weighted by atomic mass is 127. The second-order valence-electron chi connectivity index (χ2n) is 9.40. The Morgan fingerprint density at radius 3 is 2.45 bits per heavy atom. The van der Waals surface area contributed by atoms with Crippen LogP contribution in [0.3, 0.4) is 0 Å². The molecule has 0 aromatic heterocycles. The second-order valence-corrected chi connectivity index (χ2v) is 9.40. The maximum Gasteiger partial charge on any atom is 0.225 e. The van der Waals surface area contributed by atoms with E-state index in [-0.39, 0.29) is 35.3 Å². The minimum atomic E-state index is 0. The molecule has 0 atom stereocenters. The lowest BCUT2D eigenvalue weighted by Crippen LogP contribution is -2.52. The third kappa shape index (κ3) is 6.99. The first-order valence-electron chi connectivity index (χ1n) is 12.5. The monoisotopic (exact) mass is 570 g/mol. The van der Waals surface area contributed by atoms with Crippen molar-refractivity contribution >= 4 is 35.8 Å². The summed E-state index contributed by atoms with van der Waals surface area (Å²) < 4.78 is 5.48. The molecule has 2 aliphatic rings. The number of halogens is 1. The van der Waals surface area contributed by atoms with Crippen molar-refractivity contribution in [1.82, 2.24) is 15.5 Å². The van der Waals surface area contributed by atoms with Crippen LogP contribution in [0, 0.1) is 5.92 Å². The lowest BCUT2D eigenvalue weighted by atomic mass is 9.78. The minimum absolute atomic E-state index is 0. The van der Waals surface area contributed by atoms with E-state index >= 15 is 0 Å². The van der Waals surface area contributed by atoms with Crippen molar-refractivity contribution in [2.45, 2.75) is 76.7 Å². The van der Waals surface area contributed by atoms with E-state index < -0.39 is 0 Å². The number of rotatable bonds is 8. The number of piperidine rings is 1. The van der Waals surface area contributed by atoms with Gasteiger partial charge >= 0.3 is 0 Å². The molecule has 0 spiro atoms. The van der Waals surface area contributed by atoms with E-state index in [0.717, 1.165) is 57.0 Å². The van der Waals surface area contributed by atoms with Gasteiger partial charge in [0.25, 0.3) is 0 Å². The predicted octanol–water partition coefficient (Wildman–Crippen LogP) is 4.72. The molecule has 186 valence electrons. The van der Waals surface area contributed by atoms with Gasteiger partial charge in [-0.15, -0.1) is 24.0 Å². The Hall–Kier alpha value is -1.51. The summed E-state index contributed by atoms with van der Waals surface area (Å²) in [5.74, 6) is 2.29. The Morgan fingerprint density at radius 1 is 1.21 bits per heavy atom. The topological polar surface area (TPSA) is 66.0 Å². The van der Waals surface area contributed by atoms with Crippen molar-refractivity contribution in [2.24, 2.45) is 10.9 Å². The number of nitrogens with zero attached hydrogens (tertiary/aromatic N) is 2. The molecule has 1 aromatic rings. The van der Waals surface area contributed by atoms with Gasteiger partial charge < -0.3 is 20.3 Å². The number of carbonyl (C=O) groups excluding carboxylic acids is 1. The summed E-state index contributed by atoms with van der Waals surface area (Å²) in [6.07, 6.45) is 8.67. The number of ether oxygens (including phenoxy) is 1.